The van der Waals surface area contributed by atoms with E-state index in [4.69, 9.17) is 4.42 Å². The first-order valence-electron chi connectivity index (χ1n) is 8.16. The van der Waals surface area contributed by atoms with Crippen molar-refractivity contribution in [2.45, 2.75) is 32.7 Å². The molecule has 0 unspecified atom stereocenters. The van der Waals surface area contributed by atoms with Gasteiger partial charge in [-0.15, -0.1) is 0 Å². The van der Waals surface area contributed by atoms with Crippen molar-refractivity contribution in [2.75, 3.05) is 26.7 Å². The molecule has 1 aliphatic rings. The van der Waals surface area contributed by atoms with Crippen molar-refractivity contribution in [3.8, 4) is 0 Å². The first kappa shape index (κ1) is 14.6. The number of aryl methyl sites for hydroxylation is 1. The molecule has 0 aliphatic carbocycles. The Morgan fingerprint density at radius 1 is 1.24 bits per heavy atom. The van der Waals surface area contributed by atoms with Crippen LogP contribution in [-0.2, 0) is 13.0 Å². The van der Waals surface area contributed by atoms with Gasteiger partial charge in [0.25, 0.3) is 0 Å². The highest BCUT2D eigenvalue weighted by Crippen LogP contribution is 2.26. The van der Waals surface area contributed by atoms with Crippen LogP contribution in [0.2, 0.25) is 0 Å². The Hall–Kier alpha value is -1.32. The minimum Gasteiger partial charge on any atom is -0.461 e. The van der Waals surface area contributed by atoms with E-state index in [1.807, 2.05) is 6.07 Å². The predicted molar refractivity (Wildman–Crippen MR) is 87.5 cm³/mol. The summed E-state index contributed by atoms with van der Waals surface area (Å²) in [6.45, 7) is 6.68. The molecule has 21 heavy (non-hydrogen) atoms. The van der Waals surface area contributed by atoms with Crippen molar-refractivity contribution in [2.24, 2.45) is 5.92 Å². The van der Waals surface area contributed by atoms with Crippen molar-refractivity contribution >= 4 is 11.0 Å². The quantitative estimate of drug-likeness (QED) is 0.913. The van der Waals surface area contributed by atoms with E-state index in [2.05, 4.69) is 42.4 Å². The van der Waals surface area contributed by atoms with Crippen molar-refractivity contribution < 1.29 is 4.42 Å². The Morgan fingerprint density at radius 2 is 2.00 bits per heavy atom. The molecule has 3 heteroatoms. The molecular formula is C18H26N2O. The number of fused-ring (bicyclic) bond motifs is 1. The van der Waals surface area contributed by atoms with Crippen molar-refractivity contribution in [1.29, 1.82) is 0 Å². The molecule has 0 atom stereocenters. The van der Waals surface area contributed by atoms with Gasteiger partial charge in [0.05, 0.1) is 0 Å². The smallest absolute Gasteiger partial charge is 0.134 e. The van der Waals surface area contributed by atoms with E-state index in [1.165, 1.54) is 36.9 Å². The fraction of sp³-hybridized carbons (Fsp3) is 0.556. The lowest BCUT2D eigenvalue weighted by Crippen LogP contribution is -2.34. The van der Waals surface area contributed by atoms with Crippen molar-refractivity contribution in [1.82, 2.24) is 10.2 Å². The van der Waals surface area contributed by atoms with Gasteiger partial charge in [-0.3, -0.25) is 0 Å². The summed E-state index contributed by atoms with van der Waals surface area (Å²) < 4.78 is 5.96. The molecule has 2 aromatic rings. The molecule has 0 radical (unpaired) electrons. The number of benzene rings is 1. The summed E-state index contributed by atoms with van der Waals surface area (Å²) >= 11 is 0. The highest BCUT2D eigenvalue weighted by molar-refractivity contribution is 5.82. The van der Waals surface area contributed by atoms with Crippen LogP contribution in [0.3, 0.4) is 0 Å². The average molecular weight is 286 g/mol. The van der Waals surface area contributed by atoms with E-state index in [0.29, 0.717) is 0 Å². The second-order valence-corrected chi connectivity index (χ2v) is 6.23. The molecule has 1 aliphatic heterocycles. The number of furan rings is 1. The average Bonchev–Trinajstić information content (AvgIpc) is 2.87. The van der Waals surface area contributed by atoms with E-state index in [1.54, 1.807) is 0 Å². The number of nitrogens with one attached hydrogen (secondary N) is 1. The maximum Gasteiger partial charge on any atom is 0.134 e. The summed E-state index contributed by atoms with van der Waals surface area (Å²) in [5.41, 5.74) is 2.37. The summed E-state index contributed by atoms with van der Waals surface area (Å²) in [6.07, 6.45) is 3.59. The van der Waals surface area contributed by atoms with Crippen molar-refractivity contribution in [3.63, 3.8) is 0 Å². The van der Waals surface area contributed by atoms with Crippen LogP contribution in [0.1, 0.15) is 31.1 Å². The molecule has 3 nitrogen and oxygen atoms in total. The zero-order valence-corrected chi connectivity index (χ0v) is 13.2. The largest absolute Gasteiger partial charge is 0.461 e. The maximum atomic E-state index is 5.96. The predicted octanol–water partition coefficient (Wildman–Crippen LogP) is 3.43. The zero-order chi connectivity index (χ0) is 14.7. The lowest BCUT2D eigenvalue weighted by molar-refractivity contribution is 0.216. The van der Waals surface area contributed by atoms with Crippen LogP contribution in [-0.4, -0.2) is 31.6 Å². The number of hydrogen-bond donors (Lipinski definition) is 1. The van der Waals surface area contributed by atoms with E-state index >= 15 is 0 Å². The summed E-state index contributed by atoms with van der Waals surface area (Å²) in [5, 5.41) is 4.93. The molecule has 1 saturated heterocycles. The van der Waals surface area contributed by atoms with Crippen molar-refractivity contribution in [3.05, 3.63) is 35.6 Å². The molecule has 0 amide bonds. The second-order valence-electron chi connectivity index (χ2n) is 6.23. The van der Waals surface area contributed by atoms with E-state index in [9.17, 15) is 0 Å². The van der Waals surface area contributed by atoms with Crippen LogP contribution >= 0.6 is 0 Å². The molecule has 0 bridgehead atoms. The molecule has 2 heterocycles. The van der Waals surface area contributed by atoms with Crippen LogP contribution in [0.5, 0.6) is 0 Å². The number of hydrogen-bond acceptors (Lipinski definition) is 3. The van der Waals surface area contributed by atoms with Gasteiger partial charge >= 0.3 is 0 Å². The number of rotatable bonds is 5. The Bertz CT molecular complexity index is 582. The molecule has 3 rings (SSSR count). The van der Waals surface area contributed by atoms with Gasteiger partial charge in [0, 0.05) is 23.9 Å². The third kappa shape index (κ3) is 3.30. The van der Waals surface area contributed by atoms with Gasteiger partial charge in [0.2, 0.25) is 0 Å². The van der Waals surface area contributed by atoms with Crippen LogP contribution < -0.4 is 5.32 Å². The molecule has 1 N–H and O–H groups in total. The van der Waals surface area contributed by atoms with Gasteiger partial charge in [0.1, 0.15) is 11.3 Å². The lowest BCUT2D eigenvalue weighted by Gasteiger charge is -2.29. The van der Waals surface area contributed by atoms with Crippen LogP contribution in [0.25, 0.3) is 11.0 Å². The van der Waals surface area contributed by atoms with Gasteiger partial charge in [-0.05, 0) is 51.5 Å². The van der Waals surface area contributed by atoms with Gasteiger partial charge in [-0.25, -0.2) is 0 Å². The van der Waals surface area contributed by atoms with E-state index in [0.717, 1.165) is 36.8 Å². The topological polar surface area (TPSA) is 28.4 Å². The molecule has 0 spiro atoms. The minimum absolute atomic E-state index is 0.824. The molecular weight excluding hydrogens is 260 g/mol. The maximum absolute atomic E-state index is 5.96. The Balaban J connectivity index is 1.62. The number of piperidine rings is 1. The van der Waals surface area contributed by atoms with Crippen LogP contribution in [0.15, 0.2) is 28.7 Å². The molecule has 0 saturated carbocycles. The summed E-state index contributed by atoms with van der Waals surface area (Å²) in [4.78, 5) is 2.43. The Labute approximate surface area is 127 Å². The monoisotopic (exact) mass is 286 g/mol. The molecule has 1 aromatic heterocycles. The lowest BCUT2D eigenvalue weighted by atomic mass is 9.97. The summed E-state index contributed by atoms with van der Waals surface area (Å²) in [7, 11) is 2.22. The molecule has 114 valence electrons. The van der Waals surface area contributed by atoms with Gasteiger partial charge in [0.15, 0.2) is 0 Å². The first-order valence-corrected chi connectivity index (χ1v) is 8.16. The highest BCUT2D eigenvalue weighted by Gasteiger charge is 2.17. The number of likely N-dealkylation sites (tertiary alicyclic amines) is 1. The van der Waals surface area contributed by atoms with Gasteiger partial charge in [-0.1, -0.05) is 25.1 Å². The number of nitrogens with zero attached hydrogens (tertiary/aromatic N) is 1. The molecule has 1 aromatic carbocycles. The Morgan fingerprint density at radius 3 is 2.76 bits per heavy atom. The second kappa shape index (κ2) is 6.63. The summed E-state index contributed by atoms with van der Waals surface area (Å²) in [6, 6.07) is 8.37. The summed E-state index contributed by atoms with van der Waals surface area (Å²) in [5.74, 6) is 1.96. The Kier molecular flexibility index (Phi) is 4.61. The van der Waals surface area contributed by atoms with Crippen LogP contribution in [0.4, 0.5) is 0 Å². The third-order valence-corrected chi connectivity index (χ3v) is 4.68. The van der Waals surface area contributed by atoms with E-state index in [-0.39, 0.29) is 0 Å². The van der Waals surface area contributed by atoms with E-state index < -0.39 is 0 Å². The fourth-order valence-corrected chi connectivity index (χ4v) is 3.30. The minimum atomic E-state index is 0.824. The standard InChI is InChI=1S/C18H26N2O/c1-3-17-16(15-6-4-5-7-18(15)21-17)13-19-12-14-8-10-20(2)11-9-14/h4-7,14,19H,3,8-13H2,1-2H3. The van der Waals surface area contributed by atoms with Gasteiger partial charge in [-0.2, -0.15) is 0 Å². The highest BCUT2D eigenvalue weighted by atomic mass is 16.3. The zero-order valence-electron chi connectivity index (χ0n) is 13.2. The van der Waals surface area contributed by atoms with Gasteiger partial charge < -0.3 is 14.6 Å². The fourth-order valence-electron chi connectivity index (χ4n) is 3.30. The van der Waals surface area contributed by atoms with Crippen LogP contribution in [0, 0.1) is 5.92 Å². The first-order chi connectivity index (χ1) is 10.3. The normalized spacial score (nSPS) is 17.6. The number of para-hydroxylation sites is 1. The molecule has 1 fully saturated rings. The SMILES string of the molecule is CCc1oc2ccccc2c1CNCC1CCN(C)CC1. The third-order valence-electron chi connectivity index (χ3n) is 4.68.